The van der Waals surface area contributed by atoms with Gasteiger partial charge in [0.05, 0.1) is 37.7 Å². The number of nitrogens with zero attached hydrogens (tertiary/aromatic N) is 4. The highest BCUT2D eigenvalue weighted by Gasteiger charge is 2.39. The standard InChI is InChI=1S/C26H47N5O3/c1-6-24(32)30-15-16-31-23(18-30)25(22(28-31)17-29(5)14-13-27-4)21-9-11-26(12-10-21,19-33-7-2)20-34-8-3/h21,27H,6-20H2,1-5H3. The number of ether oxygens (including phenoxy) is 2. The van der Waals surface area contributed by atoms with E-state index in [0.29, 0.717) is 18.9 Å². The van der Waals surface area contributed by atoms with Crippen molar-refractivity contribution in [1.29, 1.82) is 0 Å². The van der Waals surface area contributed by atoms with Gasteiger partial charge in [0.25, 0.3) is 0 Å². The summed E-state index contributed by atoms with van der Waals surface area (Å²) in [6.45, 7) is 14.2. The summed E-state index contributed by atoms with van der Waals surface area (Å²) in [4.78, 5) is 16.9. The van der Waals surface area contributed by atoms with E-state index in [1.54, 1.807) is 0 Å². The van der Waals surface area contributed by atoms with Gasteiger partial charge < -0.3 is 19.7 Å². The summed E-state index contributed by atoms with van der Waals surface area (Å²) in [5.41, 5.74) is 3.99. The Labute approximate surface area is 206 Å². The van der Waals surface area contributed by atoms with Crippen molar-refractivity contribution < 1.29 is 14.3 Å². The molecule has 194 valence electrons. The van der Waals surface area contributed by atoms with Crippen molar-refractivity contribution in [3.8, 4) is 0 Å². The van der Waals surface area contributed by atoms with Gasteiger partial charge in [-0.1, -0.05) is 6.92 Å². The monoisotopic (exact) mass is 477 g/mol. The van der Waals surface area contributed by atoms with Crippen LogP contribution < -0.4 is 5.32 Å². The number of aromatic nitrogens is 2. The lowest BCUT2D eigenvalue weighted by molar-refractivity contribution is -0.132. The van der Waals surface area contributed by atoms with Gasteiger partial charge in [0.2, 0.25) is 5.91 Å². The summed E-state index contributed by atoms with van der Waals surface area (Å²) < 4.78 is 14.0. The van der Waals surface area contributed by atoms with Crippen LogP contribution in [0.3, 0.4) is 0 Å². The maximum absolute atomic E-state index is 12.5. The number of hydrogen-bond acceptors (Lipinski definition) is 6. The average molecular weight is 478 g/mol. The van der Waals surface area contributed by atoms with Crippen LogP contribution in [0.2, 0.25) is 0 Å². The van der Waals surface area contributed by atoms with E-state index >= 15 is 0 Å². The second-order valence-corrected chi connectivity index (χ2v) is 10.1. The molecule has 2 heterocycles. The van der Waals surface area contributed by atoms with E-state index in [1.807, 2.05) is 18.9 Å². The molecule has 0 aromatic carbocycles. The number of hydrogen-bond donors (Lipinski definition) is 1. The first-order valence-electron chi connectivity index (χ1n) is 13.3. The molecule has 2 aliphatic rings. The van der Waals surface area contributed by atoms with E-state index in [2.05, 4.69) is 35.8 Å². The molecule has 1 fully saturated rings. The SMILES string of the molecule is CCOCC1(COCC)CCC(c2c(CN(C)CCNC)nn3c2CN(C(=O)CC)CC3)CC1. The van der Waals surface area contributed by atoms with Crippen LogP contribution in [0.4, 0.5) is 0 Å². The summed E-state index contributed by atoms with van der Waals surface area (Å²) in [6.07, 6.45) is 5.01. The van der Waals surface area contributed by atoms with Gasteiger partial charge in [-0.3, -0.25) is 14.4 Å². The number of fused-ring (bicyclic) bond motifs is 1. The van der Waals surface area contributed by atoms with Crippen LogP contribution in [-0.2, 0) is 33.9 Å². The Balaban J connectivity index is 1.83. The lowest BCUT2D eigenvalue weighted by Crippen LogP contribution is -2.39. The van der Waals surface area contributed by atoms with Crippen molar-refractivity contribution in [3.63, 3.8) is 0 Å². The van der Waals surface area contributed by atoms with Crippen molar-refractivity contribution >= 4 is 5.91 Å². The van der Waals surface area contributed by atoms with Crippen LogP contribution in [-0.4, -0.2) is 85.6 Å². The van der Waals surface area contributed by atoms with Crippen LogP contribution in [0.5, 0.6) is 0 Å². The summed E-state index contributed by atoms with van der Waals surface area (Å²) >= 11 is 0. The third-order valence-electron chi connectivity index (χ3n) is 7.59. The van der Waals surface area contributed by atoms with E-state index in [-0.39, 0.29) is 11.3 Å². The Hall–Kier alpha value is -1.48. The zero-order chi connectivity index (χ0) is 24.6. The van der Waals surface area contributed by atoms with Crippen molar-refractivity contribution in [1.82, 2.24) is 24.9 Å². The van der Waals surface area contributed by atoms with E-state index in [9.17, 15) is 4.79 Å². The van der Waals surface area contributed by atoms with Crippen molar-refractivity contribution in [3.05, 3.63) is 17.0 Å². The Morgan fingerprint density at radius 1 is 1.15 bits per heavy atom. The zero-order valence-electron chi connectivity index (χ0n) is 22.2. The summed E-state index contributed by atoms with van der Waals surface area (Å²) in [6, 6.07) is 0. The molecule has 1 N–H and O–H groups in total. The highest BCUT2D eigenvalue weighted by molar-refractivity contribution is 5.75. The van der Waals surface area contributed by atoms with E-state index in [0.717, 1.165) is 84.8 Å². The summed E-state index contributed by atoms with van der Waals surface area (Å²) in [5.74, 6) is 0.715. The molecule has 0 radical (unpaired) electrons. The largest absolute Gasteiger partial charge is 0.381 e. The van der Waals surface area contributed by atoms with Gasteiger partial charge in [0.15, 0.2) is 0 Å². The van der Waals surface area contributed by atoms with Gasteiger partial charge >= 0.3 is 0 Å². The first-order valence-corrected chi connectivity index (χ1v) is 13.3. The first kappa shape index (κ1) is 27.1. The molecule has 0 spiro atoms. The van der Waals surface area contributed by atoms with E-state index in [4.69, 9.17) is 14.6 Å². The number of carbonyl (C=O) groups is 1. The number of likely N-dealkylation sites (N-methyl/N-ethyl adjacent to an activating group) is 2. The molecule has 1 aromatic rings. The summed E-state index contributed by atoms with van der Waals surface area (Å²) in [7, 11) is 4.16. The van der Waals surface area contributed by atoms with Crippen LogP contribution in [0.1, 0.15) is 75.7 Å². The molecule has 3 rings (SSSR count). The van der Waals surface area contributed by atoms with Crippen LogP contribution >= 0.6 is 0 Å². The molecule has 1 aromatic heterocycles. The quantitative estimate of drug-likeness (QED) is 0.471. The number of carbonyl (C=O) groups excluding carboxylic acids is 1. The topological polar surface area (TPSA) is 71.9 Å². The predicted octanol–water partition coefficient (Wildman–Crippen LogP) is 3.00. The molecule has 0 unspecified atom stereocenters. The third-order valence-corrected chi connectivity index (χ3v) is 7.59. The minimum Gasteiger partial charge on any atom is -0.381 e. The van der Waals surface area contributed by atoms with Gasteiger partial charge in [-0.25, -0.2) is 0 Å². The lowest BCUT2D eigenvalue weighted by Gasteiger charge is -2.40. The third kappa shape index (κ3) is 6.59. The van der Waals surface area contributed by atoms with Crippen LogP contribution in [0.15, 0.2) is 0 Å². The Morgan fingerprint density at radius 3 is 2.41 bits per heavy atom. The molecule has 0 bridgehead atoms. The van der Waals surface area contributed by atoms with Gasteiger partial charge in [0, 0.05) is 56.8 Å². The average Bonchev–Trinajstić information content (AvgIpc) is 3.21. The summed E-state index contributed by atoms with van der Waals surface area (Å²) in [5, 5.41) is 8.34. The molecule has 1 amide bonds. The highest BCUT2D eigenvalue weighted by atomic mass is 16.5. The maximum atomic E-state index is 12.5. The molecular formula is C26H47N5O3. The molecular weight excluding hydrogens is 430 g/mol. The molecule has 34 heavy (non-hydrogen) atoms. The number of nitrogens with one attached hydrogen (secondary N) is 1. The number of rotatable bonds is 13. The van der Waals surface area contributed by atoms with Gasteiger partial charge in [0.1, 0.15) is 0 Å². The van der Waals surface area contributed by atoms with Crippen LogP contribution in [0.25, 0.3) is 0 Å². The minimum atomic E-state index is 0.115. The zero-order valence-corrected chi connectivity index (χ0v) is 22.2. The fraction of sp³-hybridized carbons (Fsp3) is 0.846. The Morgan fingerprint density at radius 2 is 1.82 bits per heavy atom. The van der Waals surface area contributed by atoms with Gasteiger partial charge in [-0.05, 0) is 59.5 Å². The number of amides is 1. The van der Waals surface area contributed by atoms with Gasteiger partial charge in [-0.2, -0.15) is 5.10 Å². The fourth-order valence-electron chi connectivity index (χ4n) is 5.54. The Bertz CT molecular complexity index is 763. The van der Waals surface area contributed by atoms with Crippen molar-refractivity contribution in [2.75, 3.05) is 60.2 Å². The predicted molar refractivity (Wildman–Crippen MR) is 135 cm³/mol. The molecule has 8 nitrogen and oxygen atoms in total. The smallest absolute Gasteiger partial charge is 0.222 e. The van der Waals surface area contributed by atoms with Crippen molar-refractivity contribution in [2.24, 2.45) is 5.41 Å². The molecule has 0 saturated heterocycles. The van der Waals surface area contributed by atoms with Crippen LogP contribution in [0, 0.1) is 5.41 Å². The second-order valence-electron chi connectivity index (χ2n) is 10.1. The highest BCUT2D eigenvalue weighted by Crippen LogP contribution is 2.45. The first-order chi connectivity index (χ1) is 16.5. The molecule has 0 atom stereocenters. The Kier molecular flexibility index (Phi) is 10.4. The second kappa shape index (κ2) is 13.0. The van der Waals surface area contributed by atoms with Crippen molar-refractivity contribution in [2.45, 2.75) is 78.4 Å². The van der Waals surface area contributed by atoms with E-state index in [1.165, 1.54) is 17.0 Å². The normalized spacial score (nSPS) is 18.5. The minimum absolute atomic E-state index is 0.115. The molecule has 1 aliphatic heterocycles. The van der Waals surface area contributed by atoms with E-state index < -0.39 is 0 Å². The lowest BCUT2D eigenvalue weighted by atomic mass is 9.69. The maximum Gasteiger partial charge on any atom is 0.222 e. The fourth-order valence-corrected chi connectivity index (χ4v) is 5.54. The molecule has 1 saturated carbocycles. The molecule has 8 heteroatoms. The van der Waals surface area contributed by atoms with Gasteiger partial charge in [-0.15, -0.1) is 0 Å². The molecule has 1 aliphatic carbocycles.